The van der Waals surface area contributed by atoms with Crippen LogP contribution >= 0.6 is 0 Å². The molecule has 10 nitrogen and oxygen atoms in total. The largest absolute Gasteiger partial charge is 0.415 e. The van der Waals surface area contributed by atoms with E-state index in [1.807, 2.05) is 52.8 Å². The summed E-state index contributed by atoms with van der Waals surface area (Å²) in [6, 6.07) is 24.5. The normalized spacial score (nSPS) is 14.9. The van der Waals surface area contributed by atoms with Crippen LogP contribution in [0.3, 0.4) is 0 Å². The van der Waals surface area contributed by atoms with Crippen LogP contribution in [0.1, 0.15) is 83.4 Å². The molecular formula is C42H48N4O6SSi. The van der Waals surface area contributed by atoms with Crippen molar-refractivity contribution in [2.75, 3.05) is 6.61 Å². The maximum Gasteiger partial charge on any atom is 0.265 e. The molecule has 0 unspecified atom stereocenters. The van der Waals surface area contributed by atoms with Gasteiger partial charge >= 0.3 is 0 Å². The fourth-order valence-corrected chi connectivity index (χ4v) is 8.61. The van der Waals surface area contributed by atoms with Crippen molar-refractivity contribution in [1.82, 2.24) is 19.2 Å². The van der Waals surface area contributed by atoms with Gasteiger partial charge in [0.2, 0.25) is 0 Å². The van der Waals surface area contributed by atoms with Crippen LogP contribution in [0.15, 0.2) is 96.0 Å². The van der Waals surface area contributed by atoms with Gasteiger partial charge in [-0.2, -0.15) is 0 Å². The molecule has 0 bridgehead atoms. The average Bonchev–Trinajstić information content (AvgIpc) is 3.57. The highest BCUT2D eigenvalue weighted by Gasteiger charge is 2.37. The summed E-state index contributed by atoms with van der Waals surface area (Å²) in [5.41, 5.74) is 3.04. The number of nitrogens with one attached hydrogen (secondary N) is 1. The molecule has 0 fully saturated rings. The summed E-state index contributed by atoms with van der Waals surface area (Å²) in [4.78, 5) is 47.7. The van der Waals surface area contributed by atoms with Crippen molar-refractivity contribution in [2.24, 2.45) is 0 Å². The topological polar surface area (TPSA) is 128 Å². The zero-order valence-corrected chi connectivity index (χ0v) is 33.8. The molecule has 6 rings (SSSR count). The Bertz CT molecular complexity index is 2360. The van der Waals surface area contributed by atoms with E-state index in [4.69, 9.17) is 9.41 Å². The molecule has 4 aromatic carbocycles. The van der Waals surface area contributed by atoms with Gasteiger partial charge in [-0.25, -0.2) is 18.1 Å². The van der Waals surface area contributed by atoms with Crippen LogP contribution in [0.4, 0.5) is 0 Å². The van der Waals surface area contributed by atoms with Crippen molar-refractivity contribution in [3.63, 3.8) is 0 Å². The molecule has 0 saturated heterocycles. The molecule has 2 amide bonds. The fraction of sp³-hybridized carbons (Fsp3) is 0.333. The first kappa shape index (κ1) is 38.8. The summed E-state index contributed by atoms with van der Waals surface area (Å²) in [5, 5.41) is 1.58. The van der Waals surface area contributed by atoms with E-state index < -0.39 is 24.2 Å². The number of aromatic nitrogens is 2. The molecule has 12 heteroatoms. The SMILES string of the molecule is CC[C@@H]1Cc2ccccc2CN1C(=O)c1cc(C(=O)NS(=O)(=O)c2ccc3ccccc3c2)ccc1-c1nc(C(C)=O)cn1CCO[Si](C)(C)C(C)(C)C. The third kappa shape index (κ3) is 7.96. The summed E-state index contributed by atoms with van der Waals surface area (Å²) < 4.78 is 37.5. The first-order valence-electron chi connectivity index (χ1n) is 18.3. The standard InChI is InChI=1S/C42H48N4O6SSi/c1-8-34-23-30-14-11-12-16-33(30)26-46(34)41(49)37-25-32(40(48)44-53(50,51)35-19-17-29-13-9-10-15-31(29)24-35)18-20-36(37)39-43-38(28(2)47)27-45(39)21-22-52-54(6,7)42(3,4)5/h9-20,24-25,27,34H,8,21-23,26H2,1-7H3,(H,44,48)/t34-/m1/s1. The Hall–Kier alpha value is -4.91. The number of hydrogen-bond donors (Lipinski definition) is 1. The lowest BCUT2D eigenvalue weighted by Crippen LogP contribution is -2.44. The number of sulfonamides is 1. The van der Waals surface area contributed by atoms with E-state index in [2.05, 4.69) is 44.7 Å². The van der Waals surface area contributed by atoms with Crippen LogP contribution in [-0.4, -0.2) is 61.4 Å². The molecule has 0 saturated carbocycles. The molecule has 1 aliphatic heterocycles. The third-order valence-electron chi connectivity index (χ3n) is 10.8. The minimum atomic E-state index is -4.27. The number of amides is 2. The first-order valence-corrected chi connectivity index (χ1v) is 22.7. The molecule has 0 radical (unpaired) electrons. The molecule has 0 spiro atoms. The number of fused-ring (bicyclic) bond motifs is 2. The Morgan fingerprint density at radius 3 is 2.30 bits per heavy atom. The highest BCUT2D eigenvalue weighted by molar-refractivity contribution is 7.90. The van der Waals surface area contributed by atoms with E-state index >= 15 is 0 Å². The second-order valence-electron chi connectivity index (χ2n) is 15.5. The minimum absolute atomic E-state index is 0.00400. The van der Waals surface area contributed by atoms with Crippen LogP contribution in [0.5, 0.6) is 0 Å². The second kappa shape index (κ2) is 15.1. The molecule has 1 aliphatic rings. The second-order valence-corrected chi connectivity index (χ2v) is 22.0. The van der Waals surface area contributed by atoms with Gasteiger partial charge < -0.3 is 13.9 Å². The number of carbonyl (C=O) groups excluding carboxylic acids is 3. The van der Waals surface area contributed by atoms with E-state index in [-0.39, 0.29) is 44.5 Å². The zero-order chi connectivity index (χ0) is 39.0. The quantitative estimate of drug-likeness (QED) is 0.107. The molecule has 1 atom stereocenters. The lowest BCUT2D eigenvalue weighted by atomic mass is 9.91. The van der Waals surface area contributed by atoms with Gasteiger partial charge in [0.05, 0.1) is 17.1 Å². The summed E-state index contributed by atoms with van der Waals surface area (Å²) in [6.45, 7) is 15.4. The highest BCUT2D eigenvalue weighted by atomic mass is 32.2. The zero-order valence-electron chi connectivity index (χ0n) is 32.0. The van der Waals surface area contributed by atoms with Crippen molar-refractivity contribution < 1.29 is 27.2 Å². The predicted octanol–water partition coefficient (Wildman–Crippen LogP) is 8.02. The van der Waals surface area contributed by atoms with Crippen molar-refractivity contribution >= 4 is 46.7 Å². The van der Waals surface area contributed by atoms with Gasteiger partial charge in [0, 0.05) is 43.4 Å². The van der Waals surface area contributed by atoms with Crippen LogP contribution in [-0.2, 0) is 34.0 Å². The van der Waals surface area contributed by atoms with Crippen molar-refractivity contribution in [2.45, 2.75) is 89.6 Å². The summed E-state index contributed by atoms with van der Waals surface area (Å²) in [6.07, 6.45) is 3.04. The number of hydrogen-bond acceptors (Lipinski definition) is 7. The van der Waals surface area contributed by atoms with Crippen molar-refractivity contribution in [3.8, 4) is 11.4 Å². The summed E-state index contributed by atoms with van der Waals surface area (Å²) >= 11 is 0. The molecule has 0 aliphatic carbocycles. The van der Waals surface area contributed by atoms with Gasteiger partial charge in [0.25, 0.3) is 21.8 Å². The Labute approximate surface area is 318 Å². The monoisotopic (exact) mass is 764 g/mol. The van der Waals surface area contributed by atoms with Gasteiger partial charge in [0.1, 0.15) is 11.5 Å². The Morgan fingerprint density at radius 1 is 0.926 bits per heavy atom. The van der Waals surface area contributed by atoms with Gasteiger partial charge in [-0.15, -0.1) is 0 Å². The maximum atomic E-state index is 14.8. The Kier molecular flexibility index (Phi) is 10.8. The summed E-state index contributed by atoms with van der Waals surface area (Å²) in [5.74, 6) is -1.06. The lowest BCUT2D eigenvalue weighted by molar-refractivity contribution is 0.0635. The van der Waals surface area contributed by atoms with Crippen LogP contribution < -0.4 is 4.72 Å². The third-order valence-corrected chi connectivity index (χ3v) is 16.7. The molecule has 282 valence electrons. The smallest absolute Gasteiger partial charge is 0.265 e. The molecule has 1 aromatic heterocycles. The predicted molar refractivity (Wildman–Crippen MR) is 214 cm³/mol. The van der Waals surface area contributed by atoms with Gasteiger partial charge in [0.15, 0.2) is 14.1 Å². The van der Waals surface area contributed by atoms with Crippen LogP contribution in [0.25, 0.3) is 22.2 Å². The van der Waals surface area contributed by atoms with Gasteiger partial charge in [-0.1, -0.05) is 82.3 Å². The highest BCUT2D eigenvalue weighted by Crippen LogP contribution is 2.37. The first-order chi connectivity index (χ1) is 25.5. The Morgan fingerprint density at radius 2 is 1.61 bits per heavy atom. The molecular weight excluding hydrogens is 717 g/mol. The van der Waals surface area contributed by atoms with Crippen molar-refractivity contribution in [1.29, 1.82) is 0 Å². The maximum absolute atomic E-state index is 14.8. The molecule has 54 heavy (non-hydrogen) atoms. The van der Waals surface area contributed by atoms with E-state index in [9.17, 15) is 22.8 Å². The molecule has 5 aromatic rings. The minimum Gasteiger partial charge on any atom is -0.415 e. The number of carbonyl (C=O) groups is 3. The Balaban J connectivity index is 1.41. The number of Topliss-reactive ketones (excluding diaryl/α,β-unsaturated/α-hetero) is 1. The number of benzene rings is 4. The lowest BCUT2D eigenvalue weighted by Gasteiger charge is -2.37. The van der Waals surface area contributed by atoms with Gasteiger partial charge in [-0.3, -0.25) is 14.4 Å². The number of rotatable bonds is 11. The molecule has 2 heterocycles. The van der Waals surface area contributed by atoms with Crippen LogP contribution in [0.2, 0.25) is 18.1 Å². The molecule has 1 N–H and O–H groups in total. The van der Waals surface area contributed by atoms with E-state index in [1.54, 1.807) is 24.4 Å². The number of imidazole rings is 1. The van der Waals surface area contributed by atoms with E-state index in [0.717, 1.165) is 10.9 Å². The fourth-order valence-electron chi connectivity index (χ4n) is 6.56. The van der Waals surface area contributed by atoms with Gasteiger partial charge in [-0.05, 0) is 83.2 Å². The number of ketones is 1. The van der Waals surface area contributed by atoms with E-state index in [1.165, 1.54) is 36.8 Å². The van der Waals surface area contributed by atoms with E-state index in [0.29, 0.717) is 49.3 Å². The number of nitrogens with zero attached hydrogens (tertiary/aromatic N) is 3. The van der Waals surface area contributed by atoms with Crippen LogP contribution in [0, 0.1) is 0 Å². The van der Waals surface area contributed by atoms with Crippen molar-refractivity contribution in [3.05, 3.63) is 119 Å². The average molecular weight is 765 g/mol. The summed E-state index contributed by atoms with van der Waals surface area (Å²) in [7, 11) is -6.36.